The van der Waals surface area contributed by atoms with E-state index >= 15 is 0 Å². The minimum absolute atomic E-state index is 0.108. The smallest absolute Gasteiger partial charge is 0.378 e. The number of ether oxygens (including phenoxy) is 1. The van der Waals surface area contributed by atoms with Gasteiger partial charge < -0.3 is 4.74 Å². The third-order valence-electron chi connectivity index (χ3n) is 4.37. The fraction of sp³-hybridized carbons (Fsp3) is 0.278. The third-order valence-corrected chi connectivity index (χ3v) is 4.37. The number of carbonyl (C=O) groups is 2. The standard InChI is InChI=1S/C18H16N4O3/c1-11-7-8-19-18-20-16(21-22(11)18)17(24)25-10-15(23)14-6-5-12-3-2-4-13(12)9-14/h5-9H,2-4,10H2,1H3. The molecule has 1 aromatic carbocycles. The maximum Gasteiger partial charge on any atom is 0.378 e. The van der Waals surface area contributed by atoms with E-state index in [1.807, 2.05) is 19.1 Å². The Balaban J connectivity index is 1.45. The van der Waals surface area contributed by atoms with Crippen molar-refractivity contribution in [3.63, 3.8) is 0 Å². The zero-order valence-electron chi connectivity index (χ0n) is 13.7. The van der Waals surface area contributed by atoms with Crippen molar-refractivity contribution in [1.29, 1.82) is 0 Å². The Hall–Kier alpha value is -3.09. The van der Waals surface area contributed by atoms with E-state index in [4.69, 9.17) is 4.74 Å². The van der Waals surface area contributed by atoms with Crippen LogP contribution in [-0.2, 0) is 17.6 Å². The summed E-state index contributed by atoms with van der Waals surface area (Å²) in [5.74, 6) is -0.763. The van der Waals surface area contributed by atoms with Gasteiger partial charge in [-0.25, -0.2) is 14.3 Å². The Morgan fingerprint density at radius 2 is 2.04 bits per heavy atom. The second-order valence-electron chi connectivity index (χ2n) is 6.07. The van der Waals surface area contributed by atoms with Gasteiger partial charge in [0.15, 0.2) is 12.4 Å². The summed E-state index contributed by atoms with van der Waals surface area (Å²) >= 11 is 0. The number of rotatable bonds is 4. The maximum atomic E-state index is 12.3. The second kappa shape index (κ2) is 6.08. The molecule has 0 unspecified atom stereocenters. The number of esters is 1. The van der Waals surface area contributed by atoms with Crippen molar-refractivity contribution in [3.05, 3.63) is 58.7 Å². The highest BCUT2D eigenvalue weighted by Gasteiger charge is 2.19. The number of benzene rings is 1. The number of fused-ring (bicyclic) bond motifs is 2. The van der Waals surface area contributed by atoms with Crippen molar-refractivity contribution in [2.24, 2.45) is 0 Å². The lowest BCUT2D eigenvalue weighted by atomic mass is 10.0. The molecule has 0 atom stereocenters. The number of nitrogens with zero attached hydrogens (tertiary/aromatic N) is 4. The number of aryl methyl sites for hydroxylation is 3. The number of aromatic nitrogens is 4. The fourth-order valence-electron chi connectivity index (χ4n) is 3.02. The largest absolute Gasteiger partial charge is 0.451 e. The van der Waals surface area contributed by atoms with E-state index in [0.717, 1.165) is 25.0 Å². The SMILES string of the molecule is Cc1ccnc2nc(C(=O)OCC(=O)c3ccc4c(c3)CCC4)nn12. The Bertz CT molecular complexity index is 993. The highest BCUT2D eigenvalue weighted by atomic mass is 16.5. The van der Waals surface area contributed by atoms with E-state index in [0.29, 0.717) is 11.3 Å². The lowest BCUT2D eigenvalue weighted by Crippen LogP contribution is -2.15. The fourth-order valence-corrected chi connectivity index (χ4v) is 3.02. The molecule has 0 fully saturated rings. The molecule has 0 bridgehead atoms. The average molecular weight is 336 g/mol. The van der Waals surface area contributed by atoms with Crippen molar-refractivity contribution in [1.82, 2.24) is 19.6 Å². The van der Waals surface area contributed by atoms with Gasteiger partial charge in [-0.1, -0.05) is 12.1 Å². The summed E-state index contributed by atoms with van der Waals surface area (Å²) < 4.78 is 6.54. The summed E-state index contributed by atoms with van der Waals surface area (Å²) in [6, 6.07) is 7.43. The predicted molar refractivity (Wildman–Crippen MR) is 88.6 cm³/mol. The quantitative estimate of drug-likeness (QED) is 0.535. The van der Waals surface area contributed by atoms with Crippen LogP contribution in [0.15, 0.2) is 30.5 Å². The van der Waals surface area contributed by atoms with Gasteiger partial charge in [0.1, 0.15) is 0 Å². The van der Waals surface area contributed by atoms with E-state index in [-0.39, 0.29) is 18.2 Å². The van der Waals surface area contributed by atoms with Gasteiger partial charge in [0.2, 0.25) is 0 Å². The molecule has 0 saturated carbocycles. The van der Waals surface area contributed by atoms with Gasteiger partial charge in [0.25, 0.3) is 11.6 Å². The zero-order valence-corrected chi connectivity index (χ0v) is 13.7. The normalized spacial score (nSPS) is 13.0. The van der Waals surface area contributed by atoms with Gasteiger partial charge in [0, 0.05) is 17.5 Å². The number of carbonyl (C=O) groups excluding carboxylic acids is 2. The van der Waals surface area contributed by atoms with Crippen molar-refractivity contribution in [2.45, 2.75) is 26.2 Å². The summed E-state index contributed by atoms with van der Waals surface area (Å²) in [5.41, 5.74) is 3.87. The highest BCUT2D eigenvalue weighted by Crippen LogP contribution is 2.23. The number of ketones is 1. The summed E-state index contributed by atoms with van der Waals surface area (Å²) in [4.78, 5) is 32.4. The van der Waals surface area contributed by atoms with Gasteiger partial charge in [-0.3, -0.25) is 4.79 Å². The molecule has 1 aliphatic carbocycles. The van der Waals surface area contributed by atoms with Gasteiger partial charge in [-0.2, -0.15) is 4.98 Å². The highest BCUT2D eigenvalue weighted by molar-refractivity contribution is 5.99. The van der Waals surface area contributed by atoms with Crippen LogP contribution in [0, 0.1) is 6.92 Å². The summed E-state index contributed by atoms with van der Waals surface area (Å²) in [5, 5.41) is 4.07. The molecule has 0 radical (unpaired) electrons. The average Bonchev–Trinajstić information content (AvgIpc) is 3.25. The molecule has 0 aliphatic heterocycles. The van der Waals surface area contributed by atoms with E-state index in [1.165, 1.54) is 15.6 Å². The number of hydrogen-bond acceptors (Lipinski definition) is 6. The molecule has 4 rings (SSSR count). The van der Waals surface area contributed by atoms with E-state index in [1.54, 1.807) is 18.3 Å². The minimum Gasteiger partial charge on any atom is -0.451 e. The molecule has 25 heavy (non-hydrogen) atoms. The van der Waals surface area contributed by atoms with Crippen molar-refractivity contribution < 1.29 is 14.3 Å². The monoisotopic (exact) mass is 336 g/mol. The first-order valence-electron chi connectivity index (χ1n) is 8.12. The van der Waals surface area contributed by atoms with Gasteiger partial charge in [0.05, 0.1) is 0 Å². The van der Waals surface area contributed by atoms with Crippen molar-refractivity contribution in [3.8, 4) is 0 Å². The van der Waals surface area contributed by atoms with Crippen LogP contribution >= 0.6 is 0 Å². The Morgan fingerprint density at radius 3 is 2.88 bits per heavy atom. The molecule has 126 valence electrons. The topological polar surface area (TPSA) is 86.5 Å². The van der Waals surface area contributed by atoms with Crippen LogP contribution in [0.1, 0.15) is 44.2 Å². The minimum atomic E-state index is -0.737. The van der Waals surface area contributed by atoms with Crippen molar-refractivity contribution in [2.75, 3.05) is 6.61 Å². The molecular formula is C18H16N4O3. The summed E-state index contributed by atoms with van der Waals surface area (Å²) in [7, 11) is 0. The Labute approximate surface area is 143 Å². The van der Waals surface area contributed by atoms with Crippen LogP contribution in [-0.4, -0.2) is 37.9 Å². The molecule has 2 heterocycles. The van der Waals surface area contributed by atoms with Crippen molar-refractivity contribution >= 4 is 17.5 Å². The van der Waals surface area contributed by atoms with E-state index in [9.17, 15) is 9.59 Å². The molecule has 7 heteroatoms. The van der Waals surface area contributed by atoms with E-state index in [2.05, 4.69) is 15.1 Å². The van der Waals surface area contributed by atoms with Crippen LogP contribution in [0.5, 0.6) is 0 Å². The lowest BCUT2D eigenvalue weighted by Gasteiger charge is -2.05. The predicted octanol–water partition coefficient (Wildman–Crippen LogP) is 1.96. The molecule has 1 aliphatic rings. The first-order valence-corrected chi connectivity index (χ1v) is 8.12. The Morgan fingerprint density at radius 1 is 1.20 bits per heavy atom. The Kier molecular flexibility index (Phi) is 3.76. The molecule has 7 nitrogen and oxygen atoms in total. The van der Waals surface area contributed by atoms with Crippen LogP contribution in [0.4, 0.5) is 0 Å². The molecule has 0 spiro atoms. The zero-order chi connectivity index (χ0) is 17.4. The summed E-state index contributed by atoms with van der Waals surface area (Å²) in [6.07, 6.45) is 4.76. The third kappa shape index (κ3) is 2.88. The second-order valence-corrected chi connectivity index (χ2v) is 6.07. The first-order chi connectivity index (χ1) is 12.1. The van der Waals surface area contributed by atoms with Crippen LogP contribution in [0.2, 0.25) is 0 Å². The molecule has 0 saturated heterocycles. The first kappa shape index (κ1) is 15.4. The molecule has 0 N–H and O–H groups in total. The number of hydrogen-bond donors (Lipinski definition) is 0. The molecular weight excluding hydrogens is 320 g/mol. The van der Waals surface area contributed by atoms with Crippen LogP contribution in [0.3, 0.4) is 0 Å². The number of Topliss-reactive ketones (excluding diaryl/α,β-unsaturated/α-hetero) is 1. The molecule has 0 amide bonds. The molecule has 2 aromatic heterocycles. The van der Waals surface area contributed by atoms with Crippen LogP contribution < -0.4 is 0 Å². The van der Waals surface area contributed by atoms with Gasteiger partial charge in [-0.15, -0.1) is 5.10 Å². The molecule has 3 aromatic rings. The van der Waals surface area contributed by atoms with Gasteiger partial charge >= 0.3 is 5.97 Å². The lowest BCUT2D eigenvalue weighted by molar-refractivity contribution is 0.0463. The maximum absolute atomic E-state index is 12.3. The van der Waals surface area contributed by atoms with Crippen LogP contribution in [0.25, 0.3) is 5.78 Å². The van der Waals surface area contributed by atoms with Gasteiger partial charge in [-0.05, 0) is 49.4 Å². The summed E-state index contributed by atoms with van der Waals surface area (Å²) in [6.45, 7) is 1.50. The van der Waals surface area contributed by atoms with E-state index < -0.39 is 5.97 Å².